The first-order valence-corrected chi connectivity index (χ1v) is 6.54. The number of carbonyl (C=O) groups excluding carboxylic acids is 1. The quantitative estimate of drug-likeness (QED) is 0.895. The van der Waals surface area contributed by atoms with Crippen LogP contribution in [0, 0.1) is 11.6 Å². The van der Waals surface area contributed by atoms with Crippen molar-refractivity contribution in [1.82, 2.24) is 0 Å². The molecule has 0 aliphatic rings. The molecule has 0 saturated heterocycles. The molecule has 0 unspecified atom stereocenters. The Morgan fingerprint density at radius 2 is 1.90 bits per heavy atom. The topological polar surface area (TPSA) is 55.1 Å². The monoisotopic (exact) mass is 340 g/mol. The molecular formula is C14H11BrF2N2O. The maximum absolute atomic E-state index is 13.7. The zero-order valence-corrected chi connectivity index (χ0v) is 11.9. The standard InChI is InChI=1S/C14H11BrF2N2O/c15-9-5-11(17)13(14(18)20)12(6-9)19-7-8-3-1-2-4-10(8)16/h1-6,19H,7H2,(H2,18,20). The van der Waals surface area contributed by atoms with Gasteiger partial charge in [-0.1, -0.05) is 34.1 Å². The van der Waals surface area contributed by atoms with Crippen LogP contribution in [0.25, 0.3) is 0 Å². The number of hydrogen-bond donors (Lipinski definition) is 2. The summed E-state index contributed by atoms with van der Waals surface area (Å²) in [6, 6.07) is 8.86. The van der Waals surface area contributed by atoms with E-state index < -0.39 is 11.7 Å². The minimum Gasteiger partial charge on any atom is -0.380 e. The van der Waals surface area contributed by atoms with Crippen LogP contribution in [-0.4, -0.2) is 5.91 Å². The minimum absolute atomic E-state index is 0.114. The lowest BCUT2D eigenvalue weighted by molar-refractivity contribution is 0.0997. The van der Waals surface area contributed by atoms with Crippen LogP contribution in [0.1, 0.15) is 15.9 Å². The van der Waals surface area contributed by atoms with E-state index in [1.807, 2.05) is 0 Å². The number of carbonyl (C=O) groups is 1. The summed E-state index contributed by atoms with van der Waals surface area (Å²) < 4.78 is 27.7. The Balaban J connectivity index is 2.30. The smallest absolute Gasteiger partial charge is 0.253 e. The predicted octanol–water partition coefficient (Wildman–Crippen LogP) is 3.44. The normalized spacial score (nSPS) is 10.3. The zero-order chi connectivity index (χ0) is 14.7. The fourth-order valence-electron chi connectivity index (χ4n) is 1.80. The lowest BCUT2D eigenvalue weighted by atomic mass is 10.1. The van der Waals surface area contributed by atoms with Crippen LogP contribution in [0.4, 0.5) is 14.5 Å². The summed E-state index contributed by atoms with van der Waals surface area (Å²) in [5.41, 5.74) is 5.53. The second-order valence-corrected chi connectivity index (χ2v) is 5.04. The Kier molecular flexibility index (Phi) is 4.34. The number of nitrogens with one attached hydrogen (secondary N) is 1. The van der Waals surface area contributed by atoms with Crippen molar-refractivity contribution in [3.8, 4) is 0 Å². The van der Waals surface area contributed by atoms with Crippen molar-refractivity contribution in [2.75, 3.05) is 5.32 Å². The van der Waals surface area contributed by atoms with E-state index in [1.165, 1.54) is 12.1 Å². The van der Waals surface area contributed by atoms with Gasteiger partial charge in [0, 0.05) is 16.6 Å². The summed E-state index contributed by atoms with van der Waals surface area (Å²) >= 11 is 3.13. The molecular weight excluding hydrogens is 330 g/mol. The summed E-state index contributed by atoms with van der Waals surface area (Å²) in [4.78, 5) is 11.3. The summed E-state index contributed by atoms with van der Waals surface area (Å²) in [6.45, 7) is 0.114. The maximum Gasteiger partial charge on any atom is 0.253 e. The van der Waals surface area contributed by atoms with Crippen LogP contribution >= 0.6 is 15.9 Å². The maximum atomic E-state index is 13.7. The average Bonchev–Trinajstić information content (AvgIpc) is 2.36. The van der Waals surface area contributed by atoms with Crippen LogP contribution < -0.4 is 11.1 Å². The lowest BCUT2D eigenvalue weighted by Crippen LogP contribution is -2.17. The molecule has 0 bridgehead atoms. The third kappa shape index (κ3) is 3.14. The van der Waals surface area contributed by atoms with Gasteiger partial charge < -0.3 is 11.1 Å². The third-order valence-electron chi connectivity index (χ3n) is 2.73. The predicted molar refractivity (Wildman–Crippen MR) is 76.3 cm³/mol. The molecule has 104 valence electrons. The highest BCUT2D eigenvalue weighted by atomic mass is 79.9. The van der Waals surface area contributed by atoms with E-state index in [4.69, 9.17) is 5.73 Å². The Morgan fingerprint density at radius 1 is 1.20 bits per heavy atom. The van der Waals surface area contributed by atoms with Gasteiger partial charge in [-0.15, -0.1) is 0 Å². The first-order valence-electron chi connectivity index (χ1n) is 5.75. The molecule has 0 saturated carbocycles. The van der Waals surface area contributed by atoms with Crippen LogP contribution in [0.15, 0.2) is 40.9 Å². The van der Waals surface area contributed by atoms with Crippen LogP contribution in [0.3, 0.4) is 0 Å². The van der Waals surface area contributed by atoms with Gasteiger partial charge in [-0.05, 0) is 18.2 Å². The first kappa shape index (κ1) is 14.5. The Hall–Kier alpha value is -1.95. The number of hydrogen-bond acceptors (Lipinski definition) is 2. The van der Waals surface area contributed by atoms with Crippen LogP contribution in [0.2, 0.25) is 0 Å². The summed E-state index contributed by atoms with van der Waals surface area (Å²) in [5.74, 6) is -2.00. The third-order valence-corrected chi connectivity index (χ3v) is 3.19. The number of halogens is 3. The molecule has 0 fully saturated rings. The Morgan fingerprint density at radius 3 is 2.55 bits per heavy atom. The fraction of sp³-hybridized carbons (Fsp3) is 0.0714. The molecule has 0 spiro atoms. The van der Waals surface area contributed by atoms with Crippen molar-refractivity contribution < 1.29 is 13.6 Å². The van der Waals surface area contributed by atoms with Crippen LogP contribution in [-0.2, 0) is 6.54 Å². The molecule has 0 atom stereocenters. The van der Waals surface area contributed by atoms with Gasteiger partial charge in [0.2, 0.25) is 0 Å². The highest BCUT2D eigenvalue weighted by Crippen LogP contribution is 2.25. The van der Waals surface area contributed by atoms with E-state index in [9.17, 15) is 13.6 Å². The molecule has 3 nitrogen and oxygen atoms in total. The molecule has 0 radical (unpaired) electrons. The van der Waals surface area contributed by atoms with Crippen molar-refractivity contribution in [2.24, 2.45) is 5.73 Å². The average molecular weight is 341 g/mol. The lowest BCUT2D eigenvalue weighted by Gasteiger charge is -2.12. The van der Waals surface area contributed by atoms with E-state index in [0.717, 1.165) is 6.07 Å². The number of anilines is 1. The molecule has 0 heterocycles. The van der Waals surface area contributed by atoms with E-state index in [2.05, 4.69) is 21.2 Å². The van der Waals surface area contributed by atoms with Gasteiger partial charge in [-0.3, -0.25) is 4.79 Å². The molecule has 20 heavy (non-hydrogen) atoms. The van der Waals surface area contributed by atoms with Gasteiger partial charge >= 0.3 is 0 Å². The number of amides is 1. The Bertz CT molecular complexity index is 662. The highest BCUT2D eigenvalue weighted by Gasteiger charge is 2.15. The van der Waals surface area contributed by atoms with Crippen molar-refractivity contribution in [1.29, 1.82) is 0 Å². The SMILES string of the molecule is NC(=O)c1c(F)cc(Br)cc1NCc1ccccc1F. The van der Waals surface area contributed by atoms with Crippen molar-refractivity contribution in [2.45, 2.75) is 6.54 Å². The van der Waals surface area contributed by atoms with Crippen LogP contribution in [0.5, 0.6) is 0 Å². The largest absolute Gasteiger partial charge is 0.380 e. The van der Waals surface area contributed by atoms with Crippen molar-refractivity contribution in [3.05, 3.63) is 63.6 Å². The number of nitrogens with two attached hydrogens (primary N) is 1. The molecule has 3 N–H and O–H groups in total. The first-order chi connectivity index (χ1) is 9.49. The fourth-order valence-corrected chi connectivity index (χ4v) is 2.23. The van der Waals surface area contributed by atoms with E-state index >= 15 is 0 Å². The summed E-state index contributed by atoms with van der Waals surface area (Å²) in [7, 11) is 0. The minimum atomic E-state index is -0.883. The van der Waals surface area contributed by atoms with E-state index in [0.29, 0.717) is 10.0 Å². The number of benzene rings is 2. The second-order valence-electron chi connectivity index (χ2n) is 4.12. The van der Waals surface area contributed by atoms with Gasteiger partial charge in [-0.2, -0.15) is 0 Å². The van der Waals surface area contributed by atoms with Gasteiger partial charge in [0.05, 0.1) is 11.3 Å². The number of primary amides is 1. The number of rotatable bonds is 4. The second kappa shape index (κ2) is 6.00. The molecule has 6 heteroatoms. The van der Waals surface area contributed by atoms with Gasteiger partial charge in [0.1, 0.15) is 11.6 Å². The van der Waals surface area contributed by atoms with Gasteiger partial charge in [0.25, 0.3) is 5.91 Å². The van der Waals surface area contributed by atoms with Gasteiger partial charge in [-0.25, -0.2) is 8.78 Å². The van der Waals surface area contributed by atoms with Gasteiger partial charge in [0.15, 0.2) is 0 Å². The summed E-state index contributed by atoms with van der Waals surface area (Å²) in [6.07, 6.45) is 0. The van der Waals surface area contributed by atoms with Crippen molar-refractivity contribution >= 4 is 27.5 Å². The molecule has 0 aliphatic carbocycles. The Labute approximate surface area is 122 Å². The van der Waals surface area contributed by atoms with E-state index in [1.54, 1.807) is 18.2 Å². The molecule has 2 rings (SSSR count). The van der Waals surface area contributed by atoms with Crippen molar-refractivity contribution in [3.63, 3.8) is 0 Å². The molecule has 0 aromatic heterocycles. The molecule has 2 aromatic rings. The van der Waals surface area contributed by atoms with E-state index in [-0.39, 0.29) is 23.6 Å². The molecule has 0 aliphatic heterocycles. The zero-order valence-electron chi connectivity index (χ0n) is 10.3. The highest BCUT2D eigenvalue weighted by molar-refractivity contribution is 9.10. The molecule has 2 aromatic carbocycles. The summed E-state index contributed by atoms with van der Waals surface area (Å²) in [5, 5.41) is 2.82. The molecule has 1 amide bonds.